The molecule has 1 saturated heterocycles. The summed E-state index contributed by atoms with van der Waals surface area (Å²) in [5, 5.41) is 3.42. The summed E-state index contributed by atoms with van der Waals surface area (Å²) < 4.78 is 11.4. The molecule has 0 aromatic carbocycles. The highest BCUT2D eigenvalue weighted by molar-refractivity contribution is 6.04. The van der Waals surface area contributed by atoms with Crippen LogP contribution in [0.3, 0.4) is 0 Å². The summed E-state index contributed by atoms with van der Waals surface area (Å²) in [6.07, 6.45) is 19.9. The van der Waals surface area contributed by atoms with Crippen LogP contribution in [0.1, 0.15) is 67.2 Å². The van der Waals surface area contributed by atoms with E-state index in [0.717, 1.165) is 48.6 Å². The van der Waals surface area contributed by atoms with Crippen LogP contribution in [0.15, 0.2) is 99.2 Å². The first-order valence-electron chi connectivity index (χ1n) is 16.0. The second kappa shape index (κ2) is 19.4. The molecule has 0 spiro atoms. The summed E-state index contributed by atoms with van der Waals surface area (Å²) in [6, 6.07) is -0.455. The number of carbonyl (C=O) groups is 1. The maximum atomic E-state index is 12.7. The van der Waals surface area contributed by atoms with Crippen LogP contribution in [0.4, 0.5) is 4.79 Å². The zero-order valence-corrected chi connectivity index (χ0v) is 29.0. The summed E-state index contributed by atoms with van der Waals surface area (Å²) >= 11 is 0. The van der Waals surface area contributed by atoms with E-state index in [2.05, 4.69) is 52.4 Å². The number of carbonyl (C=O) groups excluding carboxylic acids is 1. The Balaban J connectivity index is 2.34. The third-order valence-electron chi connectivity index (χ3n) is 7.08. The Morgan fingerprint density at radius 2 is 1.89 bits per heavy atom. The van der Waals surface area contributed by atoms with Gasteiger partial charge in [-0.2, -0.15) is 0 Å². The van der Waals surface area contributed by atoms with Crippen LogP contribution in [-0.2, 0) is 9.47 Å². The fourth-order valence-electron chi connectivity index (χ4n) is 4.97. The molecule has 2 heterocycles. The molecule has 252 valence electrons. The van der Waals surface area contributed by atoms with Gasteiger partial charge in [0.25, 0.3) is 0 Å². The third kappa shape index (κ3) is 13.0. The van der Waals surface area contributed by atoms with E-state index >= 15 is 0 Å². The molecule has 2 atom stereocenters. The quantitative estimate of drug-likeness (QED) is 0.0793. The van der Waals surface area contributed by atoms with Gasteiger partial charge in [-0.1, -0.05) is 30.4 Å². The third-order valence-corrected chi connectivity index (χ3v) is 7.08. The predicted octanol–water partition coefficient (Wildman–Crippen LogP) is 6.44. The number of rotatable bonds is 13. The lowest BCUT2D eigenvalue weighted by molar-refractivity contribution is 0.0186. The first-order chi connectivity index (χ1) is 21.9. The number of nitrogens with two attached hydrogens (primary N) is 1. The van der Waals surface area contributed by atoms with Crippen LogP contribution in [0.25, 0.3) is 0 Å². The van der Waals surface area contributed by atoms with Crippen LogP contribution in [0.2, 0.25) is 0 Å². The lowest BCUT2D eigenvalue weighted by Crippen LogP contribution is -2.53. The molecule has 1 amide bonds. The number of piperazine rings is 1. The number of methoxy groups -OCH3 is 1. The molecule has 2 aliphatic rings. The van der Waals surface area contributed by atoms with Crippen molar-refractivity contribution in [2.75, 3.05) is 33.3 Å². The molecule has 0 aromatic heterocycles. The first-order valence-corrected chi connectivity index (χ1v) is 16.0. The van der Waals surface area contributed by atoms with Crippen molar-refractivity contribution in [3.05, 3.63) is 84.2 Å². The standard InChI is InChI=1S/C36H55N7O3/c1-10-13-17-30(15-11-2)41-32-18-14-16-29(19-20-39-32)25-27(4)40-34(33(28(5)37)31(45-9)26-38-12-3)42-21-23-43(24-22-42)35(44)46-36(6,7)8/h10-13,17-20,26-28,41H,2-3,14-16,21-25,37H2,1,4-9H3/b13-10-,29-19+,30-17+,32-18?,33-31-,38-26-,39-20-,40-34+. The minimum atomic E-state index is -0.555. The van der Waals surface area contributed by atoms with Gasteiger partial charge in [0.15, 0.2) is 0 Å². The highest BCUT2D eigenvalue weighted by Gasteiger charge is 2.30. The summed E-state index contributed by atoms with van der Waals surface area (Å²) in [5.41, 5.74) is 9.04. The maximum Gasteiger partial charge on any atom is 0.410 e. The second-order valence-corrected chi connectivity index (χ2v) is 12.3. The number of amides is 1. The fraction of sp³-hybridized carbons (Fsp3) is 0.500. The Morgan fingerprint density at radius 1 is 1.20 bits per heavy atom. The summed E-state index contributed by atoms with van der Waals surface area (Å²) in [5.74, 6) is 2.09. The summed E-state index contributed by atoms with van der Waals surface area (Å²) in [4.78, 5) is 30.8. The van der Waals surface area contributed by atoms with Crippen molar-refractivity contribution in [1.29, 1.82) is 0 Å². The molecule has 0 bridgehead atoms. The smallest absolute Gasteiger partial charge is 0.410 e. The Bertz CT molecular complexity index is 1280. The molecule has 2 unspecified atom stereocenters. The number of amidine groups is 1. The van der Waals surface area contributed by atoms with Gasteiger partial charge in [0.1, 0.15) is 23.0 Å². The average Bonchev–Trinajstić information content (AvgIpc) is 2.98. The van der Waals surface area contributed by atoms with E-state index in [0.29, 0.717) is 31.9 Å². The van der Waals surface area contributed by atoms with Gasteiger partial charge in [-0.25, -0.2) is 9.79 Å². The number of hydrogen-bond acceptors (Lipinski definition) is 8. The zero-order valence-electron chi connectivity index (χ0n) is 29.0. The van der Waals surface area contributed by atoms with Crippen molar-refractivity contribution in [3.63, 3.8) is 0 Å². The summed E-state index contributed by atoms with van der Waals surface area (Å²) in [6.45, 7) is 21.3. The monoisotopic (exact) mass is 633 g/mol. The number of nitrogens with zero attached hydrogens (tertiary/aromatic N) is 5. The number of nitrogens with one attached hydrogen (secondary N) is 1. The highest BCUT2D eigenvalue weighted by atomic mass is 16.6. The maximum absolute atomic E-state index is 12.7. The normalized spacial score (nSPS) is 20.5. The molecule has 10 heteroatoms. The van der Waals surface area contributed by atoms with E-state index in [9.17, 15) is 4.79 Å². The number of hydrogen-bond donors (Lipinski definition) is 2. The van der Waals surface area contributed by atoms with E-state index < -0.39 is 11.6 Å². The Hall–Kier alpha value is -4.18. The van der Waals surface area contributed by atoms with Crippen molar-refractivity contribution in [3.8, 4) is 0 Å². The van der Waals surface area contributed by atoms with Gasteiger partial charge in [0.05, 0.1) is 24.9 Å². The van der Waals surface area contributed by atoms with Crippen molar-refractivity contribution < 1.29 is 14.3 Å². The molecular weight excluding hydrogens is 578 g/mol. The number of aliphatic imine (C=N–C) groups is 3. The van der Waals surface area contributed by atoms with Crippen molar-refractivity contribution in [1.82, 2.24) is 15.1 Å². The Kier molecular flexibility index (Phi) is 16.0. The number of allylic oxidation sites excluding steroid dienone is 7. The minimum Gasteiger partial charge on any atom is -0.495 e. The molecule has 0 saturated carbocycles. The molecule has 2 aliphatic heterocycles. The summed E-state index contributed by atoms with van der Waals surface area (Å²) in [7, 11) is 1.60. The van der Waals surface area contributed by atoms with Crippen molar-refractivity contribution in [2.24, 2.45) is 20.7 Å². The molecule has 46 heavy (non-hydrogen) atoms. The van der Waals surface area contributed by atoms with E-state index in [1.54, 1.807) is 18.2 Å². The van der Waals surface area contributed by atoms with Crippen LogP contribution in [-0.4, -0.2) is 85.1 Å². The molecule has 10 nitrogen and oxygen atoms in total. The van der Waals surface area contributed by atoms with E-state index in [-0.39, 0.29) is 12.1 Å². The van der Waals surface area contributed by atoms with Gasteiger partial charge >= 0.3 is 6.09 Å². The molecule has 2 rings (SSSR count). The van der Waals surface area contributed by atoms with Crippen LogP contribution in [0, 0.1) is 0 Å². The lowest BCUT2D eigenvalue weighted by atomic mass is 10.0. The Morgan fingerprint density at radius 3 is 2.48 bits per heavy atom. The Labute approximate surface area is 276 Å². The van der Waals surface area contributed by atoms with Crippen LogP contribution >= 0.6 is 0 Å². The second-order valence-electron chi connectivity index (χ2n) is 12.3. The molecule has 3 N–H and O–H groups in total. The predicted molar refractivity (Wildman–Crippen MR) is 192 cm³/mol. The molecule has 0 aliphatic carbocycles. The first kappa shape index (κ1) is 38.0. The minimum absolute atomic E-state index is 0.0642. The van der Waals surface area contributed by atoms with Crippen LogP contribution < -0.4 is 11.1 Å². The van der Waals surface area contributed by atoms with E-state index in [4.69, 9.17) is 20.2 Å². The highest BCUT2D eigenvalue weighted by Crippen LogP contribution is 2.22. The molecule has 0 radical (unpaired) electrons. The lowest BCUT2D eigenvalue weighted by Gasteiger charge is -2.38. The van der Waals surface area contributed by atoms with E-state index in [1.807, 2.05) is 65.1 Å². The average molecular weight is 634 g/mol. The zero-order chi connectivity index (χ0) is 34.1. The van der Waals surface area contributed by atoms with Gasteiger partial charge in [0.2, 0.25) is 0 Å². The fourth-order valence-corrected chi connectivity index (χ4v) is 4.97. The van der Waals surface area contributed by atoms with Gasteiger partial charge in [-0.3, -0.25) is 9.98 Å². The van der Waals surface area contributed by atoms with Gasteiger partial charge in [-0.15, -0.1) is 6.58 Å². The molecule has 0 aromatic rings. The van der Waals surface area contributed by atoms with Crippen LogP contribution in [0.5, 0.6) is 0 Å². The van der Waals surface area contributed by atoms with Gasteiger partial charge in [0, 0.05) is 56.8 Å². The number of ether oxygens (including phenoxy) is 2. The van der Waals surface area contributed by atoms with Gasteiger partial charge < -0.3 is 30.3 Å². The van der Waals surface area contributed by atoms with E-state index in [1.165, 1.54) is 11.8 Å². The topological polar surface area (TPSA) is 117 Å². The molecular formula is C36H55N7O3. The van der Waals surface area contributed by atoms with Crippen molar-refractivity contribution >= 4 is 24.4 Å². The van der Waals surface area contributed by atoms with Gasteiger partial charge in [-0.05, 0) is 79.0 Å². The molecule has 1 fully saturated rings. The largest absolute Gasteiger partial charge is 0.495 e. The SMILES string of the molecule is C=CC/C(=C\C=C/C)NC1=CCC/C(CC(C)\N=C(/C(=C(/C=N\C=C)OC)C(C)N)N2CCN(C(=O)OC(C)(C)C)CC2)=C\C=N/1. The van der Waals surface area contributed by atoms with Crippen molar-refractivity contribution in [2.45, 2.75) is 84.9 Å².